The minimum atomic E-state index is -1.07. The Morgan fingerprint density at radius 2 is 2.13 bits per heavy atom. The third-order valence-electron chi connectivity index (χ3n) is 4.30. The van der Waals surface area contributed by atoms with Crippen molar-refractivity contribution in [2.75, 3.05) is 6.54 Å². The predicted octanol–water partition coefficient (Wildman–Crippen LogP) is 1.77. The average Bonchev–Trinajstić information content (AvgIpc) is 3.30. The molecule has 23 heavy (non-hydrogen) atoms. The lowest BCUT2D eigenvalue weighted by atomic mass is 9.99. The van der Waals surface area contributed by atoms with E-state index in [1.54, 1.807) is 12.3 Å². The molecule has 2 aliphatic rings. The molecule has 1 aliphatic carbocycles. The highest BCUT2D eigenvalue weighted by molar-refractivity contribution is 5.95. The van der Waals surface area contributed by atoms with Crippen molar-refractivity contribution in [3.63, 3.8) is 0 Å². The number of carbonyl (C=O) groups excluding carboxylic acids is 1. The average molecular weight is 313 g/mol. The van der Waals surface area contributed by atoms with Crippen LogP contribution in [0, 0.1) is 0 Å². The first-order valence-corrected chi connectivity index (χ1v) is 7.58. The largest absolute Gasteiger partial charge is 0.479 e. The van der Waals surface area contributed by atoms with E-state index >= 15 is 0 Å². The van der Waals surface area contributed by atoms with Gasteiger partial charge in [0.2, 0.25) is 0 Å². The van der Waals surface area contributed by atoms with E-state index in [4.69, 9.17) is 4.42 Å². The number of amides is 1. The number of carboxylic acids is 1. The number of aliphatic carboxylic acids is 1. The first-order valence-electron chi connectivity index (χ1n) is 7.58. The lowest BCUT2D eigenvalue weighted by Crippen LogP contribution is -2.43. The zero-order valence-electron chi connectivity index (χ0n) is 12.3. The second-order valence-electron chi connectivity index (χ2n) is 5.86. The minimum Gasteiger partial charge on any atom is -0.479 e. The Kier molecular flexibility index (Phi) is 3.14. The Hall–Kier alpha value is -2.70. The van der Waals surface area contributed by atoms with E-state index in [2.05, 4.69) is 9.97 Å². The quantitative estimate of drug-likeness (QED) is 0.927. The van der Waals surface area contributed by atoms with Crippen molar-refractivity contribution in [3.8, 4) is 0 Å². The summed E-state index contributed by atoms with van der Waals surface area (Å²) in [5.74, 6) is 0.178. The summed E-state index contributed by atoms with van der Waals surface area (Å²) in [7, 11) is 0. The Labute approximate surface area is 132 Å². The molecule has 118 valence electrons. The molecule has 0 bridgehead atoms. The van der Waals surface area contributed by atoms with Gasteiger partial charge in [0.1, 0.15) is 17.3 Å². The Bertz CT molecular complexity index is 781. The van der Waals surface area contributed by atoms with E-state index < -0.39 is 12.0 Å². The molecule has 1 atom stereocenters. The molecule has 0 saturated heterocycles. The van der Waals surface area contributed by atoms with Crippen molar-refractivity contribution in [3.05, 3.63) is 47.4 Å². The molecule has 7 nitrogen and oxygen atoms in total. The summed E-state index contributed by atoms with van der Waals surface area (Å²) < 4.78 is 5.30. The molecule has 2 aromatic heterocycles. The molecular weight excluding hydrogens is 298 g/mol. The van der Waals surface area contributed by atoms with E-state index in [0.29, 0.717) is 36.0 Å². The van der Waals surface area contributed by atoms with Crippen molar-refractivity contribution >= 4 is 11.9 Å². The van der Waals surface area contributed by atoms with Crippen LogP contribution in [0.1, 0.15) is 52.4 Å². The second-order valence-corrected chi connectivity index (χ2v) is 5.86. The smallest absolute Gasteiger partial charge is 0.331 e. The molecule has 3 heterocycles. The molecule has 7 heteroatoms. The third kappa shape index (κ3) is 2.38. The van der Waals surface area contributed by atoms with Crippen molar-refractivity contribution in [1.29, 1.82) is 0 Å². The van der Waals surface area contributed by atoms with Gasteiger partial charge < -0.3 is 14.4 Å². The van der Waals surface area contributed by atoms with Crippen molar-refractivity contribution < 1.29 is 19.1 Å². The Morgan fingerprint density at radius 3 is 2.87 bits per heavy atom. The molecule has 1 N–H and O–H groups in total. The highest BCUT2D eigenvalue weighted by atomic mass is 16.4. The molecule has 0 spiro atoms. The molecule has 1 saturated carbocycles. The minimum absolute atomic E-state index is 0.250. The lowest BCUT2D eigenvalue weighted by molar-refractivity contribution is -0.143. The van der Waals surface area contributed by atoms with Crippen LogP contribution in [0.3, 0.4) is 0 Å². The Balaban J connectivity index is 1.67. The van der Waals surface area contributed by atoms with E-state index in [9.17, 15) is 14.7 Å². The maximum absolute atomic E-state index is 12.8. The summed E-state index contributed by atoms with van der Waals surface area (Å²) in [5, 5.41) is 9.55. The number of rotatable bonds is 3. The fourth-order valence-corrected chi connectivity index (χ4v) is 2.98. The molecule has 1 unspecified atom stereocenters. The van der Waals surface area contributed by atoms with Gasteiger partial charge in [-0.15, -0.1) is 0 Å². The molecule has 4 rings (SSSR count). The standard InChI is InChI=1S/C16H15N3O4/c20-15(11-3-6-17-14(18-11)9-1-2-9)19-7-4-12-10(5-8-23-12)13(19)16(21)22/h3,5-6,8-9,13H,1-2,4,7H2,(H,21,22). The fraction of sp³-hybridized carbons (Fsp3) is 0.375. The van der Waals surface area contributed by atoms with Crippen LogP contribution in [0.2, 0.25) is 0 Å². The predicted molar refractivity (Wildman–Crippen MR) is 77.8 cm³/mol. The SMILES string of the molecule is O=C(O)C1c2ccoc2CCN1C(=O)c1ccnc(C2CC2)n1. The number of hydrogen-bond donors (Lipinski definition) is 1. The van der Waals surface area contributed by atoms with Gasteiger partial charge in [0, 0.05) is 30.6 Å². The molecular formula is C16H15N3O4. The third-order valence-corrected chi connectivity index (χ3v) is 4.30. The number of carbonyl (C=O) groups is 2. The zero-order chi connectivity index (χ0) is 16.0. The maximum atomic E-state index is 12.8. The van der Waals surface area contributed by atoms with Gasteiger partial charge in [-0.05, 0) is 25.0 Å². The van der Waals surface area contributed by atoms with Gasteiger partial charge in [-0.2, -0.15) is 0 Å². The van der Waals surface area contributed by atoms with Gasteiger partial charge in [0.15, 0.2) is 6.04 Å². The van der Waals surface area contributed by atoms with E-state index in [1.807, 2.05) is 0 Å². The van der Waals surface area contributed by atoms with Gasteiger partial charge in [-0.3, -0.25) is 4.79 Å². The van der Waals surface area contributed by atoms with Crippen LogP contribution in [0.15, 0.2) is 29.0 Å². The summed E-state index contributed by atoms with van der Waals surface area (Å²) >= 11 is 0. The number of nitrogens with zero attached hydrogens (tertiary/aromatic N) is 3. The van der Waals surface area contributed by atoms with E-state index in [-0.39, 0.29) is 11.6 Å². The van der Waals surface area contributed by atoms with Crippen LogP contribution >= 0.6 is 0 Å². The van der Waals surface area contributed by atoms with Gasteiger partial charge in [0.05, 0.1) is 6.26 Å². The molecule has 0 radical (unpaired) electrons. The van der Waals surface area contributed by atoms with Crippen LogP contribution in [0.25, 0.3) is 0 Å². The first-order chi connectivity index (χ1) is 11.1. The van der Waals surface area contributed by atoms with Crippen LogP contribution in [0.5, 0.6) is 0 Å². The molecule has 1 fully saturated rings. The van der Waals surface area contributed by atoms with Crippen LogP contribution in [-0.2, 0) is 11.2 Å². The molecule has 0 aromatic carbocycles. The summed E-state index contributed by atoms with van der Waals surface area (Å²) in [5.41, 5.74) is 0.786. The molecule has 1 amide bonds. The number of aromatic nitrogens is 2. The summed E-state index contributed by atoms with van der Waals surface area (Å²) in [6.45, 7) is 0.291. The first kappa shape index (κ1) is 13.9. The molecule has 2 aromatic rings. The van der Waals surface area contributed by atoms with Gasteiger partial charge in [-0.1, -0.05) is 0 Å². The van der Waals surface area contributed by atoms with Gasteiger partial charge in [-0.25, -0.2) is 14.8 Å². The zero-order valence-corrected chi connectivity index (χ0v) is 12.3. The van der Waals surface area contributed by atoms with E-state index in [1.165, 1.54) is 17.2 Å². The number of furan rings is 1. The normalized spacial score (nSPS) is 20.2. The summed E-state index contributed by atoms with van der Waals surface area (Å²) in [4.78, 5) is 34.3. The highest BCUT2D eigenvalue weighted by Gasteiger charge is 2.38. The fourth-order valence-electron chi connectivity index (χ4n) is 2.98. The summed E-state index contributed by atoms with van der Waals surface area (Å²) in [6, 6.07) is 2.12. The van der Waals surface area contributed by atoms with Crippen LogP contribution in [0.4, 0.5) is 0 Å². The monoisotopic (exact) mass is 313 g/mol. The van der Waals surface area contributed by atoms with Gasteiger partial charge in [0.25, 0.3) is 5.91 Å². The highest BCUT2D eigenvalue weighted by Crippen LogP contribution is 2.38. The van der Waals surface area contributed by atoms with Crippen LogP contribution < -0.4 is 0 Å². The maximum Gasteiger partial charge on any atom is 0.331 e. The van der Waals surface area contributed by atoms with E-state index in [0.717, 1.165) is 12.8 Å². The number of hydrogen-bond acceptors (Lipinski definition) is 5. The topological polar surface area (TPSA) is 96.5 Å². The van der Waals surface area contributed by atoms with Crippen molar-refractivity contribution in [1.82, 2.24) is 14.9 Å². The number of fused-ring (bicyclic) bond motifs is 1. The lowest BCUT2D eigenvalue weighted by Gasteiger charge is -2.32. The number of carboxylic acid groups (broad SMARTS) is 1. The molecule has 1 aliphatic heterocycles. The van der Waals surface area contributed by atoms with Crippen LogP contribution in [-0.4, -0.2) is 38.4 Å². The van der Waals surface area contributed by atoms with Gasteiger partial charge >= 0.3 is 5.97 Å². The van der Waals surface area contributed by atoms with Crippen molar-refractivity contribution in [2.24, 2.45) is 0 Å². The van der Waals surface area contributed by atoms with Crippen molar-refractivity contribution in [2.45, 2.75) is 31.2 Å². The Morgan fingerprint density at radius 1 is 1.30 bits per heavy atom. The summed E-state index contributed by atoms with van der Waals surface area (Å²) in [6.07, 6.45) is 5.61. The second kappa shape index (κ2) is 5.19.